The van der Waals surface area contributed by atoms with E-state index in [9.17, 15) is 0 Å². The molecule has 0 saturated carbocycles. The smallest absolute Gasteiger partial charge is 0.126 e. The number of oxime groups is 1. The molecule has 20 heavy (non-hydrogen) atoms. The lowest BCUT2D eigenvalue weighted by Crippen LogP contribution is -2.05. The van der Waals surface area contributed by atoms with Crippen molar-refractivity contribution >= 4 is 11.8 Å². The highest BCUT2D eigenvalue weighted by molar-refractivity contribution is 5.92. The second-order valence-corrected chi connectivity index (χ2v) is 5.79. The largest absolute Gasteiger partial charge is 0.496 e. The molecule has 1 aromatic carbocycles. The number of rotatable bonds is 2. The van der Waals surface area contributed by atoms with Crippen molar-refractivity contribution in [3.8, 4) is 5.75 Å². The molecule has 1 aromatic rings. The molecule has 0 heterocycles. The van der Waals surface area contributed by atoms with Crippen molar-refractivity contribution in [1.29, 1.82) is 0 Å². The van der Waals surface area contributed by atoms with Gasteiger partial charge in [-0.05, 0) is 61.8 Å². The molecule has 2 aliphatic rings. The number of fused-ring (bicyclic) bond motifs is 2. The molecule has 0 saturated heterocycles. The molecule has 1 atom stereocenters. The summed E-state index contributed by atoms with van der Waals surface area (Å²) < 4.78 is 5.66. The van der Waals surface area contributed by atoms with Gasteiger partial charge in [-0.1, -0.05) is 11.6 Å². The van der Waals surface area contributed by atoms with Gasteiger partial charge in [0.2, 0.25) is 0 Å². The quantitative estimate of drug-likeness (QED) is 0.497. The van der Waals surface area contributed by atoms with Gasteiger partial charge in [0.1, 0.15) is 5.75 Å². The first-order valence-corrected chi connectivity index (χ1v) is 7.27. The third-order valence-electron chi connectivity index (χ3n) is 4.62. The van der Waals surface area contributed by atoms with E-state index in [0.29, 0.717) is 0 Å². The summed E-state index contributed by atoms with van der Waals surface area (Å²) in [7, 11) is 1.72. The van der Waals surface area contributed by atoms with Crippen molar-refractivity contribution in [3.05, 3.63) is 33.9 Å². The topological polar surface area (TPSA) is 41.8 Å². The van der Waals surface area contributed by atoms with Crippen molar-refractivity contribution in [3.63, 3.8) is 0 Å². The number of ether oxygens (including phenoxy) is 1. The lowest BCUT2D eigenvalue weighted by molar-refractivity contribution is 0.320. The summed E-state index contributed by atoms with van der Waals surface area (Å²) in [6.45, 7) is 4.25. The highest BCUT2D eigenvalue weighted by Gasteiger charge is 2.35. The Hall–Kier alpha value is -1.77. The van der Waals surface area contributed by atoms with Crippen molar-refractivity contribution in [2.45, 2.75) is 45.4 Å². The van der Waals surface area contributed by atoms with Gasteiger partial charge in [0, 0.05) is 11.5 Å². The summed E-state index contributed by atoms with van der Waals surface area (Å²) in [6.07, 6.45) is 6.36. The Morgan fingerprint density at radius 2 is 2.00 bits per heavy atom. The van der Waals surface area contributed by atoms with E-state index in [0.717, 1.165) is 24.2 Å². The van der Waals surface area contributed by atoms with E-state index in [2.05, 4.69) is 25.1 Å². The molecule has 106 valence electrons. The van der Waals surface area contributed by atoms with E-state index in [1.165, 1.54) is 40.7 Å². The zero-order valence-electron chi connectivity index (χ0n) is 12.4. The number of nitrogens with zero attached hydrogens (tertiary/aromatic N) is 1. The molecule has 0 bridgehead atoms. The van der Waals surface area contributed by atoms with Crippen LogP contribution in [0.1, 0.15) is 53.9 Å². The second-order valence-electron chi connectivity index (χ2n) is 5.79. The van der Waals surface area contributed by atoms with Gasteiger partial charge in [-0.25, -0.2) is 0 Å². The van der Waals surface area contributed by atoms with Crippen LogP contribution >= 0.6 is 0 Å². The van der Waals surface area contributed by atoms with Crippen LogP contribution in [0, 0.1) is 13.8 Å². The maximum atomic E-state index is 9.05. The van der Waals surface area contributed by atoms with E-state index in [4.69, 9.17) is 9.94 Å². The van der Waals surface area contributed by atoms with Crippen LogP contribution in [0.2, 0.25) is 0 Å². The van der Waals surface area contributed by atoms with E-state index in [1.807, 2.05) is 0 Å². The maximum absolute atomic E-state index is 9.05. The van der Waals surface area contributed by atoms with Gasteiger partial charge in [0.05, 0.1) is 13.3 Å². The summed E-state index contributed by atoms with van der Waals surface area (Å²) in [5.41, 5.74) is 7.89. The summed E-state index contributed by atoms with van der Waals surface area (Å²) in [4.78, 5) is 0. The van der Waals surface area contributed by atoms with Crippen molar-refractivity contribution in [2.75, 3.05) is 7.11 Å². The Morgan fingerprint density at radius 1 is 1.25 bits per heavy atom. The summed E-state index contributed by atoms with van der Waals surface area (Å²) in [5.74, 6) is 1.03. The first-order valence-electron chi connectivity index (χ1n) is 7.27. The van der Waals surface area contributed by atoms with Gasteiger partial charge < -0.3 is 9.94 Å². The molecule has 1 N–H and O–H groups in total. The molecule has 0 aliphatic heterocycles. The Morgan fingerprint density at radius 3 is 2.70 bits per heavy atom. The van der Waals surface area contributed by atoms with Gasteiger partial charge >= 0.3 is 0 Å². The van der Waals surface area contributed by atoms with Gasteiger partial charge in [-0.15, -0.1) is 5.16 Å². The van der Waals surface area contributed by atoms with E-state index >= 15 is 0 Å². The first kappa shape index (κ1) is 13.2. The molecule has 3 heteroatoms. The molecule has 0 radical (unpaired) electrons. The van der Waals surface area contributed by atoms with Gasteiger partial charge in [0.25, 0.3) is 0 Å². The van der Waals surface area contributed by atoms with Gasteiger partial charge in [-0.2, -0.15) is 0 Å². The third kappa shape index (κ3) is 1.76. The predicted molar refractivity (Wildman–Crippen MR) is 80.9 cm³/mol. The van der Waals surface area contributed by atoms with E-state index in [-0.39, 0.29) is 5.92 Å². The average Bonchev–Trinajstić information content (AvgIpc) is 2.75. The summed E-state index contributed by atoms with van der Waals surface area (Å²) in [5, 5.41) is 12.4. The number of hydrogen-bond acceptors (Lipinski definition) is 3. The molecule has 1 unspecified atom stereocenters. The lowest BCUT2D eigenvalue weighted by Gasteiger charge is -2.17. The Bertz CT molecular complexity index is 614. The van der Waals surface area contributed by atoms with E-state index < -0.39 is 0 Å². The molecule has 0 spiro atoms. The van der Waals surface area contributed by atoms with Crippen LogP contribution in [0.25, 0.3) is 5.57 Å². The number of benzene rings is 1. The fourth-order valence-electron chi connectivity index (χ4n) is 3.93. The molecular formula is C17H21NO2. The van der Waals surface area contributed by atoms with Gasteiger partial charge in [-0.3, -0.25) is 0 Å². The molecule has 2 aliphatic carbocycles. The molecular weight excluding hydrogens is 250 g/mol. The standard InChI is InChI=1S/C17H21NO2/c1-10-8-11(2)17(20-3)16-14(9-18-19)12-6-4-5-7-13(12)15(10)16/h8-9,14,19H,4-7H2,1-3H3/b18-9-. The van der Waals surface area contributed by atoms with Crippen LogP contribution in [0.3, 0.4) is 0 Å². The minimum Gasteiger partial charge on any atom is -0.496 e. The number of hydrogen-bond donors (Lipinski definition) is 1. The average molecular weight is 271 g/mol. The zero-order chi connectivity index (χ0) is 14.3. The number of methoxy groups -OCH3 is 1. The third-order valence-corrected chi connectivity index (χ3v) is 4.62. The number of aryl methyl sites for hydroxylation is 2. The molecule has 3 nitrogen and oxygen atoms in total. The Kier molecular flexibility index (Phi) is 3.28. The molecule has 0 aromatic heterocycles. The predicted octanol–water partition coefficient (Wildman–Crippen LogP) is 4.20. The zero-order valence-corrected chi connectivity index (χ0v) is 12.4. The Labute approximate surface area is 120 Å². The SMILES string of the molecule is COc1c(C)cc(C)c2c1C(/C=N\O)C1=C2CCCC1. The maximum Gasteiger partial charge on any atom is 0.126 e. The fraction of sp³-hybridized carbons (Fsp3) is 0.471. The van der Waals surface area contributed by atoms with Crippen LogP contribution in [0.5, 0.6) is 5.75 Å². The number of allylic oxidation sites excluding steroid dienone is 2. The van der Waals surface area contributed by atoms with Crippen LogP contribution in [0.4, 0.5) is 0 Å². The van der Waals surface area contributed by atoms with Crippen LogP contribution in [0.15, 0.2) is 16.8 Å². The van der Waals surface area contributed by atoms with Crippen molar-refractivity contribution in [1.82, 2.24) is 0 Å². The van der Waals surface area contributed by atoms with Crippen LogP contribution in [-0.2, 0) is 0 Å². The minimum atomic E-state index is 0.0823. The van der Waals surface area contributed by atoms with Crippen LogP contribution < -0.4 is 4.74 Å². The van der Waals surface area contributed by atoms with Crippen molar-refractivity contribution in [2.24, 2.45) is 5.16 Å². The van der Waals surface area contributed by atoms with Crippen LogP contribution in [-0.4, -0.2) is 18.5 Å². The highest BCUT2D eigenvalue weighted by Crippen LogP contribution is 2.52. The second kappa shape index (κ2) is 4.97. The van der Waals surface area contributed by atoms with Gasteiger partial charge in [0.15, 0.2) is 0 Å². The highest BCUT2D eigenvalue weighted by atomic mass is 16.5. The molecule has 0 fully saturated rings. The van der Waals surface area contributed by atoms with Crippen molar-refractivity contribution < 1.29 is 9.94 Å². The molecule has 3 rings (SSSR count). The summed E-state index contributed by atoms with van der Waals surface area (Å²) >= 11 is 0. The summed E-state index contributed by atoms with van der Waals surface area (Å²) in [6, 6.07) is 2.20. The first-order chi connectivity index (χ1) is 9.69. The lowest BCUT2D eigenvalue weighted by atomic mass is 9.88. The monoisotopic (exact) mass is 271 g/mol. The van der Waals surface area contributed by atoms with E-state index in [1.54, 1.807) is 13.3 Å². The Balaban J connectivity index is 2.29. The minimum absolute atomic E-state index is 0.0823. The molecule has 0 amide bonds. The normalized spacial score (nSPS) is 21.2. The fourth-order valence-corrected chi connectivity index (χ4v) is 3.93.